The van der Waals surface area contributed by atoms with Crippen LogP contribution in [0.4, 0.5) is 11.4 Å². The number of nitro benzene ring substituents is 2. The first-order valence-electron chi connectivity index (χ1n) is 17.2. The van der Waals surface area contributed by atoms with Gasteiger partial charge in [-0.25, -0.2) is 16.8 Å². The normalized spacial score (nSPS) is 12.4. The molecule has 0 N–H and O–H groups in total. The first kappa shape index (κ1) is 37.9. The lowest BCUT2D eigenvalue weighted by Crippen LogP contribution is -2.30. The van der Waals surface area contributed by atoms with Crippen molar-refractivity contribution in [2.75, 3.05) is 0 Å². The highest BCUT2D eigenvalue weighted by atomic mass is 32.2. The molecular formula is C41H32N4O9S2. The number of sulfonamides is 2. The van der Waals surface area contributed by atoms with E-state index < -0.39 is 79.1 Å². The summed E-state index contributed by atoms with van der Waals surface area (Å²) in [6.45, 7) is -0.475. The van der Waals surface area contributed by atoms with Crippen molar-refractivity contribution >= 4 is 37.2 Å². The summed E-state index contributed by atoms with van der Waals surface area (Å²) >= 11 is 0. The van der Waals surface area contributed by atoms with Gasteiger partial charge < -0.3 is 0 Å². The third-order valence-electron chi connectivity index (χ3n) is 9.40. The number of hydrogen-bond acceptors (Lipinski definition) is 9. The zero-order chi connectivity index (χ0) is 39.6. The van der Waals surface area contributed by atoms with Gasteiger partial charge in [0, 0.05) is 49.4 Å². The molecule has 0 amide bonds. The predicted molar refractivity (Wildman–Crippen MR) is 207 cm³/mol. The average molecular weight is 789 g/mol. The maximum atomic E-state index is 14.4. The molecule has 7 rings (SSSR count). The maximum absolute atomic E-state index is 14.4. The number of fused-ring (bicyclic) bond motifs is 3. The molecule has 0 bridgehead atoms. The van der Waals surface area contributed by atoms with Crippen molar-refractivity contribution in [2.45, 2.75) is 36.0 Å². The number of nitrogens with zero attached hydrogens (tertiary/aromatic N) is 4. The third kappa shape index (κ3) is 7.48. The van der Waals surface area contributed by atoms with E-state index in [2.05, 4.69) is 0 Å². The summed E-state index contributed by atoms with van der Waals surface area (Å²) in [4.78, 5) is 36.6. The van der Waals surface area contributed by atoms with Crippen LogP contribution in [0.3, 0.4) is 0 Å². The molecule has 0 aliphatic heterocycles. The first-order chi connectivity index (χ1) is 26.8. The van der Waals surface area contributed by atoms with Gasteiger partial charge >= 0.3 is 0 Å². The first-order valence-corrected chi connectivity index (χ1v) is 20.1. The molecule has 0 radical (unpaired) electrons. The van der Waals surface area contributed by atoms with Crippen molar-refractivity contribution in [3.05, 3.63) is 199 Å². The van der Waals surface area contributed by atoms with Crippen LogP contribution < -0.4 is 0 Å². The van der Waals surface area contributed by atoms with E-state index in [1.165, 1.54) is 0 Å². The van der Waals surface area contributed by atoms with E-state index in [0.29, 0.717) is 22.3 Å². The molecule has 0 unspecified atom stereocenters. The molecule has 282 valence electrons. The molecule has 1 aliphatic rings. The van der Waals surface area contributed by atoms with Gasteiger partial charge in [0.1, 0.15) is 0 Å². The van der Waals surface area contributed by atoms with Crippen molar-refractivity contribution in [3.63, 3.8) is 0 Å². The number of hydrogen-bond donors (Lipinski definition) is 0. The molecule has 0 spiro atoms. The quantitative estimate of drug-likeness (QED) is 0.0797. The SMILES string of the molecule is O=C1c2cc(S(=O)(=O)N(Cc3ccccc3)Cc3ccccc3)cc([N+](=O)[O-])c2-c2c1cc(S(=O)(=O)N(Cc1ccccc1)Cc1ccccc1)cc2[N+](=O)[O-]. The minimum Gasteiger partial charge on any atom is -0.289 e. The summed E-state index contributed by atoms with van der Waals surface area (Å²) in [7, 11) is -9.15. The van der Waals surface area contributed by atoms with Crippen LogP contribution in [0, 0.1) is 20.2 Å². The number of ketones is 1. The molecule has 0 atom stereocenters. The van der Waals surface area contributed by atoms with Gasteiger partial charge in [0.05, 0.1) is 30.8 Å². The van der Waals surface area contributed by atoms with E-state index in [1.807, 2.05) is 0 Å². The monoisotopic (exact) mass is 788 g/mol. The van der Waals surface area contributed by atoms with Crippen LogP contribution >= 0.6 is 0 Å². The predicted octanol–water partition coefficient (Wildman–Crippen LogP) is 7.50. The average Bonchev–Trinajstić information content (AvgIpc) is 3.49. The molecule has 56 heavy (non-hydrogen) atoms. The molecule has 6 aromatic carbocycles. The fourth-order valence-electron chi connectivity index (χ4n) is 6.71. The zero-order valence-corrected chi connectivity index (χ0v) is 31.1. The van der Waals surface area contributed by atoms with Gasteiger partial charge in [-0.2, -0.15) is 8.61 Å². The van der Waals surface area contributed by atoms with Crippen LogP contribution in [0.5, 0.6) is 0 Å². The molecule has 0 saturated heterocycles. The Hall–Kier alpha value is -6.39. The second-order valence-electron chi connectivity index (χ2n) is 13.1. The highest BCUT2D eigenvalue weighted by Gasteiger charge is 2.43. The van der Waals surface area contributed by atoms with Gasteiger partial charge in [0.25, 0.3) is 11.4 Å². The van der Waals surface area contributed by atoms with Crippen molar-refractivity contribution in [3.8, 4) is 11.1 Å². The Balaban J connectivity index is 1.35. The minimum absolute atomic E-state index is 0.119. The number of carbonyl (C=O) groups is 1. The fourth-order valence-corrected chi connectivity index (χ4v) is 9.64. The molecule has 13 nitrogen and oxygen atoms in total. The molecule has 6 aromatic rings. The van der Waals surface area contributed by atoms with E-state index in [1.54, 1.807) is 121 Å². The summed E-state index contributed by atoms with van der Waals surface area (Å²) in [6, 6.07) is 38.3. The topological polar surface area (TPSA) is 178 Å². The van der Waals surface area contributed by atoms with Gasteiger partial charge in [0.2, 0.25) is 20.0 Å². The van der Waals surface area contributed by atoms with Crippen molar-refractivity contribution in [1.29, 1.82) is 0 Å². The summed E-state index contributed by atoms with van der Waals surface area (Å²) in [5.74, 6) is -0.995. The number of nitro groups is 2. The fraction of sp³-hybridized carbons (Fsp3) is 0.0976. The van der Waals surface area contributed by atoms with Crippen LogP contribution in [0.15, 0.2) is 155 Å². The number of benzene rings is 6. The van der Waals surface area contributed by atoms with Gasteiger partial charge in [-0.1, -0.05) is 121 Å². The molecular weight excluding hydrogens is 757 g/mol. The smallest absolute Gasteiger partial charge is 0.279 e. The molecule has 15 heteroatoms. The van der Waals surface area contributed by atoms with Gasteiger partial charge in [-0.3, -0.25) is 25.0 Å². The molecule has 0 aromatic heterocycles. The maximum Gasteiger partial charge on any atom is 0.279 e. The molecule has 0 fully saturated rings. The Bertz CT molecular complexity index is 2430. The summed E-state index contributed by atoms with van der Waals surface area (Å²) in [5.41, 5.74) is -1.09. The Kier molecular flexibility index (Phi) is 10.4. The number of rotatable bonds is 14. The van der Waals surface area contributed by atoms with E-state index in [-0.39, 0.29) is 26.2 Å². The number of carbonyl (C=O) groups excluding carboxylic acids is 1. The lowest BCUT2D eigenvalue weighted by atomic mass is 10.0. The van der Waals surface area contributed by atoms with Gasteiger partial charge in [-0.15, -0.1) is 0 Å². The lowest BCUT2D eigenvalue weighted by molar-refractivity contribution is -0.386. The lowest BCUT2D eigenvalue weighted by Gasteiger charge is -2.23. The third-order valence-corrected chi connectivity index (χ3v) is 12.9. The van der Waals surface area contributed by atoms with E-state index in [9.17, 15) is 41.9 Å². The van der Waals surface area contributed by atoms with Crippen LogP contribution in [-0.4, -0.2) is 41.1 Å². The van der Waals surface area contributed by atoms with Gasteiger partial charge in [-0.05, 0) is 34.4 Å². The van der Waals surface area contributed by atoms with Crippen LogP contribution in [0.2, 0.25) is 0 Å². The van der Waals surface area contributed by atoms with Crippen molar-refractivity contribution in [2.24, 2.45) is 0 Å². The molecule has 1 aliphatic carbocycles. The van der Waals surface area contributed by atoms with E-state index in [4.69, 9.17) is 0 Å². The highest BCUT2D eigenvalue weighted by molar-refractivity contribution is 7.89. The summed E-state index contributed by atoms with van der Waals surface area (Å²) in [6.07, 6.45) is 0. The Morgan fingerprint density at radius 2 is 0.714 bits per heavy atom. The van der Waals surface area contributed by atoms with Crippen LogP contribution in [0.25, 0.3) is 11.1 Å². The summed E-state index contributed by atoms with van der Waals surface area (Å²) in [5, 5.41) is 25.3. The van der Waals surface area contributed by atoms with E-state index in [0.717, 1.165) is 32.9 Å². The summed E-state index contributed by atoms with van der Waals surface area (Å²) < 4.78 is 60.0. The zero-order valence-electron chi connectivity index (χ0n) is 29.5. The second-order valence-corrected chi connectivity index (χ2v) is 16.9. The second kappa shape index (κ2) is 15.4. The minimum atomic E-state index is -4.57. The van der Waals surface area contributed by atoms with Crippen molar-refractivity contribution in [1.82, 2.24) is 8.61 Å². The van der Waals surface area contributed by atoms with Crippen LogP contribution in [-0.2, 0) is 46.2 Å². The van der Waals surface area contributed by atoms with Gasteiger partial charge in [0.15, 0.2) is 5.78 Å². The van der Waals surface area contributed by atoms with Crippen LogP contribution in [0.1, 0.15) is 38.2 Å². The highest BCUT2D eigenvalue weighted by Crippen LogP contribution is 2.49. The Morgan fingerprint density at radius 1 is 0.446 bits per heavy atom. The standard InChI is InChI=1S/C41H32N4O9S2/c46-41-35-21-33(55(51,52)42(25-29-13-5-1-6-14-29)26-30-15-7-2-8-16-30)23-37(44(47)48)39(35)40-36(41)22-34(24-38(40)45(49)50)56(53,54)43(27-31-17-9-3-10-18-31)28-32-19-11-4-12-20-32/h1-24H,25-28H2. The van der Waals surface area contributed by atoms with Crippen molar-refractivity contribution < 1.29 is 31.5 Å². The Morgan fingerprint density at radius 3 is 0.964 bits per heavy atom. The largest absolute Gasteiger partial charge is 0.289 e. The molecule has 0 heterocycles. The molecule has 0 saturated carbocycles. The van der Waals surface area contributed by atoms with E-state index >= 15 is 0 Å². The Labute approximate surface area is 322 Å².